The Hall–Kier alpha value is -1.36. The predicted molar refractivity (Wildman–Crippen MR) is 75.1 cm³/mol. The van der Waals surface area contributed by atoms with Crippen molar-refractivity contribution in [2.75, 3.05) is 13.1 Å². The number of nitrogens with zero attached hydrogens (tertiary/aromatic N) is 2. The molecule has 1 aromatic heterocycles. The topological polar surface area (TPSA) is 72.4 Å². The summed E-state index contributed by atoms with van der Waals surface area (Å²) in [6.07, 6.45) is 3.75. The van der Waals surface area contributed by atoms with E-state index in [0.29, 0.717) is 24.3 Å². The SMILES string of the molecule is Cc1noc(C)c1CC(=O)N1C[C@H]2CCC(N)C[C@H]2C1. The summed E-state index contributed by atoms with van der Waals surface area (Å²) >= 11 is 0. The zero-order valence-electron chi connectivity index (χ0n) is 12.3. The first kappa shape index (κ1) is 13.6. The number of aryl methyl sites for hydroxylation is 2. The lowest BCUT2D eigenvalue weighted by Crippen LogP contribution is -2.32. The van der Waals surface area contributed by atoms with Gasteiger partial charge in [0.25, 0.3) is 0 Å². The zero-order chi connectivity index (χ0) is 14.3. The van der Waals surface area contributed by atoms with Gasteiger partial charge in [-0.1, -0.05) is 5.16 Å². The Morgan fingerprint density at radius 3 is 2.80 bits per heavy atom. The molecular weight excluding hydrogens is 254 g/mol. The Labute approximate surface area is 119 Å². The molecule has 1 unspecified atom stereocenters. The highest BCUT2D eigenvalue weighted by Gasteiger charge is 2.38. The van der Waals surface area contributed by atoms with E-state index in [2.05, 4.69) is 5.16 Å². The summed E-state index contributed by atoms with van der Waals surface area (Å²) in [5.41, 5.74) is 7.81. The Morgan fingerprint density at radius 1 is 1.35 bits per heavy atom. The number of hydrogen-bond acceptors (Lipinski definition) is 4. The number of fused-ring (bicyclic) bond motifs is 1. The van der Waals surface area contributed by atoms with E-state index in [1.54, 1.807) is 0 Å². The quantitative estimate of drug-likeness (QED) is 0.887. The summed E-state index contributed by atoms with van der Waals surface area (Å²) in [5, 5.41) is 3.92. The van der Waals surface area contributed by atoms with E-state index in [1.165, 1.54) is 6.42 Å². The van der Waals surface area contributed by atoms with Crippen molar-refractivity contribution in [3.8, 4) is 0 Å². The van der Waals surface area contributed by atoms with Crippen molar-refractivity contribution in [2.45, 2.75) is 45.6 Å². The van der Waals surface area contributed by atoms with Crippen LogP contribution in [-0.4, -0.2) is 35.1 Å². The van der Waals surface area contributed by atoms with Gasteiger partial charge in [0, 0.05) is 24.7 Å². The van der Waals surface area contributed by atoms with Crippen LogP contribution >= 0.6 is 0 Å². The molecule has 0 radical (unpaired) electrons. The summed E-state index contributed by atoms with van der Waals surface area (Å²) in [4.78, 5) is 14.5. The fourth-order valence-electron chi connectivity index (χ4n) is 3.69. The summed E-state index contributed by atoms with van der Waals surface area (Å²) < 4.78 is 5.13. The van der Waals surface area contributed by atoms with Crippen molar-refractivity contribution < 1.29 is 9.32 Å². The highest BCUT2D eigenvalue weighted by atomic mass is 16.5. The van der Waals surface area contributed by atoms with Crippen LogP contribution in [0.25, 0.3) is 0 Å². The lowest BCUT2D eigenvalue weighted by atomic mass is 9.79. The van der Waals surface area contributed by atoms with E-state index in [-0.39, 0.29) is 5.91 Å². The van der Waals surface area contributed by atoms with Crippen molar-refractivity contribution in [3.05, 3.63) is 17.0 Å². The van der Waals surface area contributed by atoms with E-state index in [4.69, 9.17) is 10.3 Å². The maximum absolute atomic E-state index is 12.5. The van der Waals surface area contributed by atoms with Gasteiger partial charge in [0.15, 0.2) is 0 Å². The first-order valence-electron chi connectivity index (χ1n) is 7.49. The third kappa shape index (κ3) is 2.46. The van der Waals surface area contributed by atoms with Crippen molar-refractivity contribution in [3.63, 3.8) is 0 Å². The molecular formula is C15H23N3O2. The normalized spacial score (nSPS) is 29.6. The third-order valence-electron chi connectivity index (χ3n) is 4.95. The molecule has 3 rings (SSSR count). The monoisotopic (exact) mass is 277 g/mol. The minimum Gasteiger partial charge on any atom is -0.361 e. The van der Waals surface area contributed by atoms with E-state index in [0.717, 1.165) is 42.9 Å². The highest BCUT2D eigenvalue weighted by molar-refractivity contribution is 5.79. The van der Waals surface area contributed by atoms with Gasteiger partial charge in [-0.15, -0.1) is 0 Å². The summed E-state index contributed by atoms with van der Waals surface area (Å²) in [7, 11) is 0. The summed E-state index contributed by atoms with van der Waals surface area (Å²) in [5.74, 6) is 2.22. The average molecular weight is 277 g/mol. The highest BCUT2D eigenvalue weighted by Crippen LogP contribution is 2.35. The Balaban J connectivity index is 1.64. The van der Waals surface area contributed by atoms with Crippen LogP contribution in [-0.2, 0) is 11.2 Å². The number of amides is 1. The van der Waals surface area contributed by atoms with Gasteiger partial charge < -0.3 is 15.2 Å². The van der Waals surface area contributed by atoms with Gasteiger partial charge in [-0.05, 0) is 44.9 Å². The molecule has 110 valence electrons. The molecule has 5 nitrogen and oxygen atoms in total. The van der Waals surface area contributed by atoms with Gasteiger partial charge in [-0.2, -0.15) is 0 Å². The summed E-state index contributed by atoms with van der Waals surface area (Å²) in [6, 6.07) is 0.328. The average Bonchev–Trinajstić information content (AvgIpc) is 2.96. The molecule has 1 amide bonds. The largest absolute Gasteiger partial charge is 0.361 e. The standard InChI is InChI=1S/C15H23N3O2/c1-9-14(10(2)20-17-9)6-15(19)18-7-11-3-4-13(16)5-12(11)8-18/h11-13H,3-8,16H2,1-2H3/t11-,12+,13?/m1/s1. The van der Waals surface area contributed by atoms with E-state index >= 15 is 0 Å². The number of hydrogen-bond donors (Lipinski definition) is 1. The molecule has 2 heterocycles. The molecule has 1 saturated carbocycles. The van der Waals surface area contributed by atoms with Crippen LogP contribution < -0.4 is 5.73 Å². The molecule has 3 atom stereocenters. The second kappa shape index (κ2) is 5.20. The van der Waals surface area contributed by atoms with Gasteiger partial charge in [0.2, 0.25) is 5.91 Å². The van der Waals surface area contributed by atoms with Crippen molar-refractivity contribution in [1.29, 1.82) is 0 Å². The maximum Gasteiger partial charge on any atom is 0.227 e. The van der Waals surface area contributed by atoms with Crippen LogP contribution in [0.3, 0.4) is 0 Å². The van der Waals surface area contributed by atoms with Crippen LogP contribution in [0.5, 0.6) is 0 Å². The molecule has 0 aromatic carbocycles. The molecule has 0 bridgehead atoms. The van der Waals surface area contributed by atoms with Gasteiger partial charge >= 0.3 is 0 Å². The number of nitrogens with two attached hydrogens (primary N) is 1. The maximum atomic E-state index is 12.5. The van der Waals surface area contributed by atoms with Crippen LogP contribution in [0.1, 0.15) is 36.3 Å². The molecule has 1 saturated heterocycles. The second-order valence-electron chi connectivity index (χ2n) is 6.37. The zero-order valence-corrected chi connectivity index (χ0v) is 12.3. The number of aromatic nitrogens is 1. The van der Waals surface area contributed by atoms with Crippen molar-refractivity contribution in [2.24, 2.45) is 17.6 Å². The lowest BCUT2D eigenvalue weighted by molar-refractivity contribution is -0.129. The van der Waals surface area contributed by atoms with Crippen LogP contribution in [0, 0.1) is 25.7 Å². The van der Waals surface area contributed by atoms with Crippen LogP contribution in [0.4, 0.5) is 0 Å². The predicted octanol–water partition coefficient (Wildman–Crippen LogP) is 1.42. The van der Waals surface area contributed by atoms with Crippen molar-refractivity contribution >= 4 is 5.91 Å². The molecule has 0 spiro atoms. The van der Waals surface area contributed by atoms with Crippen LogP contribution in [0.15, 0.2) is 4.52 Å². The molecule has 1 aromatic rings. The van der Waals surface area contributed by atoms with Crippen LogP contribution in [0.2, 0.25) is 0 Å². The van der Waals surface area contributed by atoms with Crippen molar-refractivity contribution in [1.82, 2.24) is 10.1 Å². The number of rotatable bonds is 2. The minimum atomic E-state index is 0.197. The third-order valence-corrected chi connectivity index (χ3v) is 4.95. The summed E-state index contributed by atoms with van der Waals surface area (Å²) in [6.45, 7) is 5.54. The molecule has 2 fully saturated rings. The number of likely N-dealkylation sites (tertiary alicyclic amines) is 1. The molecule has 5 heteroatoms. The minimum absolute atomic E-state index is 0.197. The number of carbonyl (C=O) groups excluding carboxylic acids is 1. The fourth-order valence-corrected chi connectivity index (χ4v) is 3.69. The van der Waals surface area contributed by atoms with E-state index in [9.17, 15) is 4.79 Å². The molecule has 2 aliphatic rings. The molecule has 1 aliphatic carbocycles. The van der Waals surface area contributed by atoms with Gasteiger partial charge in [-0.25, -0.2) is 0 Å². The smallest absolute Gasteiger partial charge is 0.227 e. The first-order valence-corrected chi connectivity index (χ1v) is 7.49. The Kier molecular flexibility index (Phi) is 3.54. The van der Waals surface area contributed by atoms with E-state index < -0.39 is 0 Å². The Bertz CT molecular complexity index is 492. The second-order valence-corrected chi connectivity index (χ2v) is 6.37. The molecule has 20 heavy (non-hydrogen) atoms. The van der Waals surface area contributed by atoms with E-state index in [1.807, 2.05) is 18.7 Å². The first-order chi connectivity index (χ1) is 9.54. The Morgan fingerprint density at radius 2 is 2.10 bits per heavy atom. The fraction of sp³-hybridized carbons (Fsp3) is 0.733. The molecule has 1 aliphatic heterocycles. The molecule has 2 N–H and O–H groups in total. The lowest BCUT2D eigenvalue weighted by Gasteiger charge is -2.27. The van der Waals surface area contributed by atoms with Gasteiger partial charge in [-0.3, -0.25) is 4.79 Å². The number of carbonyl (C=O) groups is 1. The van der Waals surface area contributed by atoms with Gasteiger partial charge in [0.1, 0.15) is 5.76 Å². The van der Waals surface area contributed by atoms with Gasteiger partial charge in [0.05, 0.1) is 12.1 Å².